The Hall–Kier alpha value is -1.72. The Balaban J connectivity index is 2.31. The zero-order valence-electron chi connectivity index (χ0n) is 11.4. The number of anilines is 1. The fourth-order valence-electron chi connectivity index (χ4n) is 2.04. The molecule has 0 aliphatic heterocycles. The van der Waals surface area contributed by atoms with Gasteiger partial charge in [0.15, 0.2) is 5.84 Å². The quantitative estimate of drug-likeness (QED) is 0.373. The van der Waals surface area contributed by atoms with E-state index in [1.54, 1.807) is 18.2 Å². The minimum atomic E-state index is 0.0596. The van der Waals surface area contributed by atoms with E-state index < -0.39 is 0 Å². The lowest BCUT2D eigenvalue weighted by Gasteiger charge is -2.22. The van der Waals surface area contributed by atoms with Gasteiger partial charge in [0.05, 0.1) is 0 Å². The van der Waals surface area contributed by atoms with Crippen molar-refractivity contribution in [2.45, 2.75) is 6.54 Å². The number of halogens is 2. The average molecular weight is 369 g/mol. The molecule has 2 aromatic rings. The van der Waals surface area contributed by atoms with E-state index in [-0.39, 0.29) is 5.84 Å². The number of benzene rings is 2. The van der Waals surface area contributed by atoms with Gasteiger partial charge in [-0.25, -0.2) is 0 Å². The van der Waals surface area contributed by atoms with E-state index in [1.807, 2.05) is 36.2 Å². The summed E-state index contributed by atoms with van der Waals surface area (Å²) in [6.07, 6.45) is 0. The molecule has 3 N–H and O–H groups in total. The molecule has 21 heavy (non-hydrogen) atoms. The van der Waals surface area contributed by atoms with Crippen LogP contribution in [0.25, 0.3) is 0 Å². The molecular weight excluding hydrogens is 354 g/mol. The highest BCUT2D eigenvalue weighted by atomic mass is 79.9. The van der Waals surface area contributed by atoms with Crippen LogP contribution in [0.3, 0.4) is 0 Å². The zero-order valence-corrected chi connectivity index (χ0v) is 13.8. The summed E-state index contributed by atoms with van der Waals surface area (Å²) in [6.45, 7) is 0.680. The smallest absolute Gasteiger partial charge is 0.172 e. The molecule has 0 bridgehead atoms. The standard InChI is InChI=1S/C15H15BrClN3O/c1-20(9-10-2-4-11(16)5-3-10)14-8-12(17)6-7-13(14)15(18)19-21/h2-8,21H,9H2,1H3,(H2,18,19). The minimum Gasteiger partial charge on any atom is -0.409 e. The van der Waals surface area contributed by atoms with Crippen molar-refractivity contribution in [1.29, 1.82) is 0 Å². The van der Waals surface area contributed by atoms with E-state index in [2.05, 4.69) is 21.1 Å². The van der Waals surface area contributed by atoms with Gasteiger partial charge in [-0.2, -0.15) is 0 Å². The van der Waals surface area contributed by atoms with Crippen LogP contribution < -0.4 is 10.6 Å². The highest BCUT2D eigenvalue weighted by Crippen LogP contribution is 2.25. The van der Waals surface area contributed by atoms with E-state index in [9.17, 15) is 0 Å². The molecule has 0 saturated carbocycles. The molecule has 0 heterocycles. The Bertz CT molecular complexity index is 658. The number of oxime groups is 1. The maximum absolute atomic E-state index is 8.89. The van der Waals surface area contributed by atoms with Crippen LogP contribution in [0.2, 0.25) is 5.02 Å². The second-order valence-corrected chi connectivity index (χ2v) is 5.98. The summed E-state index contributed by atoms with van der Waals surface area (Å²) < 4.78 is 1.04. The third kappa shape index (κ3) is 3.89. The molecule has 0 radical (unpaired) electrons. The molecule has 6 heteroatoms. The predicted octanol–water partition coefficient (Wildman–Crippen LogP) is 3.83. The Kier molecular flexibility index (Phi) is 5.09. The van der Waals surface area contributed by atoms with Crippen LogP contribution in [0.15, 0.2) is 52.1 Å². The molecule has 0 saturated heterocycles. The van der Waals surface area contributed by atoms with Gasteiger partial charge in [0.2, 0.25) is 0 Å². The van der Waals surface area contributed by atoms with Crippen molar-refractivity contribution < 1.29 is 5.21 Å². The minimum absolute atomic E-state index is 0.0596. The molecule has 0 aliphatic carbocycles. The molecule has 0 aliphatic rings. The van der Waals surface area contributed by atoms with Crippen LogP contribution in [0.1, 0.15) is 11.1 Å². The van der Waals surface area contributed by atoms with Crippen molar-refractivity contribution in [3.05, 3.63) is 63.1 Å². The van der Waals surface area contributed by atoms with Crippen LogP contribution in [-0.2, 0) is 6.54 Å². The van der Waals surface area contributed by atoms with Gasteiger partial charge in [-0.3, -0.25) is 0 Å². The third-order valence-corrected chi connectivity index (χ3v) is 3.85. The maximum atomic E-state index is 8.89. The molecule has 4 nitrogen and oxygen atoms in total. The Labute approximate surface area is 136 Å². The Morgan fingerprint density at radius 3 is 2.57 bits per heavy atom. The zero-order chi connectivity index (χ0) is 15.4. The van der Waals surface area contributed by atoms with Gasteiger partial charge in [-0.1, -0.05) is 44.8 Å². The Morgan fingerprint density at radius 2 is 1.95 bits per heavy atom. The third-order valence-electron chi connectivity index (χ3n) is 3.09. The van der Waals surface area contributed by atoms with Gasteiger partial charge >= 0.3 is 0 Å². The highest BCUT2D eigenvalue weighted by Gasteiger charge is 2.12. The molecule has 0 amide bonds. The van der Waals surface area contributed by atoms with E-state index in [0.717, 1.165) is 15.7 Å². The summed E-state index contributed by atoms with van der Waals surface area (Å²) in [5.41, 5.74) is 8.31. The van der Waals surface area contributed by atoms with Crippen LogP contribution in [0, 0.1) is 0 Å². The molecule has 2 rings (SSSR count). The Morgan fingerprint density at radius 1 is 1.29 bits per heavy atom. The van der Waals surface area contributed by atoms with Crippen molar-refractivity contribution in [3.63, 3.8) is 0 Å². The van der Waals surface area contributed by atoms with Crippen molar-refractivity contribution in [1.82, 2.24) is 0 Å². The van der Waals surface area contributed by atoms with E-state index in [4.69, 9.17) is 22.5 Å². The molecule has 0 unspecified atom stereocenters. The van der Waals surface area contributed by atoms with Crippen LogP contribution >= 0.6 is 27.5 Å². The van der Waals surface area contributed by atoms with Gasteiger partial charge in [0.1, 0.15) is 0 Å². The lowest BCUT2D eigenvalue weighted by atomic mass is 10.1. The summed E-state index contributed by atoms with van der Waals surface area (Å²) in [5, 5.41) is 12.6. The molecule has 0 spiro atoms. The first-order chi connectivity index (χ1) is 10.0. The SMILES string of the molecule is CN(Cc1ccc(Br)cc1)c1cc(Cl)ccc1C(N)=NO. The number of nitrogens with zero attached hydrogens (tertiary/aromatic N) is 2. The summed E-state index contributed by atoms with van der Waals surface area (Å²) in [6, 6.07) is 13.3. The maximum Gasteiger partial charge on any atom is 0.172 e. The van der Waals surface area contributed by atoms with E-state index in [0.29, 0.717) is 17.1 Å². The number of rotatable bonds is 4. The number of hydrogen-bond donors (Lipinski definition) is 2. The first-order valence-corrected chi connectivity index (χ1v) is 7.41. The molecular formula is C15H15BrClN3O. The molecule has 0 fully saturated rings. The summed E-state index contributed by atoms with van der Waals surface area (Å²) in [7, 11) is 1.93. The van der Waals surface area contributed by atoms with Gasteiger partial charge in [0.25, 0.3) is 0 Å². The highest BCUT2D eigenvalue weighted by molar-refractivity contribution is 9.10. The molecule has 0 atom stereocenters. The fourth-order valence-corrected chi connectivity index (χ4v) is 2.47. The van der Waals surface area contributed by atoms with Crippen molar-refractivity contribution >= 4 is 39.1 Å². The topological polar surface area (TPSA) is 61.8 Å². The predicted molar refractivity (Wildman–Crippen MR) is 90.2 cm³/mol. The number of amidine groups is 1. The van der Waals surface area contributed by atoms with Gasteiger partial charge in [-0.05, 0) is 35.9 Å². The molecule has 110 valence electrons. The van der Waals surface area contributed by atoms with Crippen molar-refractivity contribution in [2.75, 3.05) is 11.9 Å². The average Bonchev–Trinajstić information content (AvgIpc) is 2.48. The second-order valence-electron chi connectivity index (χ2n) is 4.63. The summed E-state index contributed by atoms with van der Waals surface area (Å²) in [4.78, 5) is 2.00. The monoisotopic (exact) mass is 367 g/mol. The summed E-state index contributed by atoms with van der Waals surface area (Å²) in [5.74, 6) is 0.0596. The first kappa shape index (κ1) is 15.7. The normalized spacial score (nSPS) is 11.5. The number of nitrogens with two attached hydrogens (primary N) is 1. The lowest BCUT2D eigenvalue weighted by molar-refractivity contribution is 0.318. The number of hydrogen-bond acceptors (Lipinski definition) is 3. The van der Waals surface area contributed by atoms with E-state index >= 15 is 0 Å². The van der Waals surface area contributed by atoms with Crippen LogP contribution in [0.4, 0.5) is 5.69 Å². The molecule has 2 aromatic carbocycles. The van der Waals surface area contributed by atoms with Crippen molar-refractivity contribution in [2.24, 2.45) is 10.9 Å². The molecule has 0 aromatic heterocycles. The van der Waals surface area contributed by atoms with Crippen LogP contribution in [-0.4, -0.2) is 18.1 Å². The lowest BCUT2D eigenvalue weighted by Crippen LogP contribution is -2.22. The first-order valence-electron chi connectivity index (χ1n) is 6.24. The van der Waals surface area contributed by atoms with Gasteiger partial charge < -0.3 is 15.8 Å². The van der Waals surface area contributed by atoms with Crippen molar-refractivity contribution in [3.8, 4) is 0 Å². The second kappa shape index (κ2) is 6.83. The fraction of sp³-hybridized carbons (Fsp3) is 0.133. The van der Waals surface area contributed by atoms with E-state index in [1.165, 1.54) is 0 Å². The summed E-state index contributed by atoms with van der Waals surface area (Å²) >= 11 is 9.47. The van der Waals surface area contributed by atoms with Gasteiger partial charge in [-0.15, -0.1) is 0 Å². The van der Waals surface area contributed by atoms with Crippen LogP contribution in [0.5, 0.6) is 0 Å². The van der Waals surface area contributed by atoms with Gasteiger partial charge in [0, 0.05) is 34.3 Å². The largest absolute Gasteiger partial charge is 0.409 e.